The molecule has 8 heteroatoms. The summed E-state index contributed by atoms with van der Waals surface area (Å²) in [5, 5.41) is 9.75. The zero-order valence-electron chi connectivity index (χ0n) is 20.1. The third-order valence-electron chi connectivity index (χ3n) is 6.34. The quantitative estimate of drug-likeness (QED) is 0.260. The fraction of sp³-hybridized carbons (Fsp3) is 0.462. The summed E-state index contributed by atoms with van der Waals surface area (Å²) < 4.78 is 0. The van der Waals surface area contributed by atoms with Crippen molar-refractivity contribution in [2.45, 2.75) is 45.3 Å². The molecule has 2 aliphatic heterocycles. The van der Waals surface area contributed by atoms with Crippen molar-refractivity contribution in [2.24, 2.45) is 4.99 Å². The summed E-state index contributed by atoms with van der Waals surface area (Å²) in [7, 11) is 1.78. The minimum absolute atomic E-state index is 0. The maximum Gasteiger partial charge on any atom is 0.321 e. The molecule has 0 bridgehead atoms. The summed E-state index contributed by atoms with van der Waals surface area (Å²) in [4.78, 5) is 21.1. The molecule has 7 nitrogen and oxygen atoms in total. The van der Waals surface area contributed by atoms with E-state index in [1.54, 1.807) is 7.05 Å². The minimum Gasteiger partial charge on any atom is -0.352 e. The predicted molar refractivity (Wildman–Crippen MR) is 150 cm³/mol. The van der Waals surface area contributed by atoms with Gasteiger partial charge in [-0.25, -0.2) is 4.79 Å². The first-order chi connectivity index (χ1) is 16.2. The van der Waals surface area contributed by atoms with Crippen LogP contribution in [0.3, 0.4) is 0 Å². The molecule has 2 fully saturated rings. The molecule has 0 atom stereocenters. The number of nitrogens with zero attached hydrogens (tertiary/aromatic N) is 3. The zero-order valence-corrected chi connectivity index (χ0v) is 22.4. The number of carbonyl (C=O) groups excluding carboxylic acids is 1. The van der Waals surface area contributed by atoms with Crippen LogP contribution >= 0.6 is 24.0 Å². The third kappa shape index (κ3) is 7.87. The Bertz CT molecular complexity index is 937. The number of carbonyl (C=O) groups is 1. The Kier molecular flexibility index (Phi) is 10.5. The number of benzene rings is 2. The smallest absolute Gasteiger partial charge is 0.321 e. The number of hydrogen-bond donors (Lipinski definition) is 3. The molecular formula is C26H37IN6O. The topological polar surface area (TPSA) is 72.0 Å². The molecule has 184 valence electrons. The molecule has 2 aliphatic rings. The van der Waals surface area contributed by atoms with Crippen LogP contribution < -0.4 is 16.0 Å². The molecule has 2 heterocycles. The van der Waals surface area contributed by atoms with Crippen molar-refractivity contribution in [3.63, 3.8) is 0 Å². The summed E-state index contributed by atoms with van der Waals surface area (Å²) >= 11 is 0. The number of rotatable bonds is 7. The number of amides is 2. The molecule has 3 N–H and O–H groups in total. The Hall–Kier alpha value is -2.33. The predicted octanol–water partition coefficient (Wildman–Crippen LogP) is 4.39. The average Bonchev–Trinajstić information content (AvgIpc) is 3.55. The number of urea groups is 1. The van der Waals surface area contributed by atoms with Crippen molar-refractivity contribution in [2.75, 3.05) is 38.5 Å². The minimum atomic E-state index is -0.0125. The Labute approximate surface area is 220 Å². The molecule has 4 rings (SSSR count). The molecular weight excluding hydrogens is 539 g/mol. The van der Waals surface area contributed by atoms with Crippen molar-refractivity contribution in [3.8, 4) is 0 Å². The molecule has 0 unspecified atom stereocenters. The Morgan fingerprint density at radius 3 is 2.15 bits per heavy atom. The lowest BCUT2D eigenvalue weighted by Gasteiger charge is -2.17. The lowest BCUT2D eigenvalue weighted by molar-refractivity contribution is 0.222. The highest BCUT2D eigenvalue weighted by atomic mass is 127. The van der Waals surface area contributed by atoms with Gasteiger partial charge in [-0.15, -0.1) is 24.0 Å². The van der Waals surface area contributed by atoms with Gasteiger partial charge in [-0.05, 0) is 67.6 Å². The van der Waals surface area contributed by atoms with E-state index in [-0.39, 0.29) is 30.0 Å². The Balaban J connectivity index is 0.00000324. The van der Waals surface area contributed by atoms with Gasteiger partial charge in [0.25, 0.3) is 0 Å². The Morgan fingerprint density at radius 2 is 1.47 bits per heavy atom. The number of nitrogens with one attached hydrogen (secondary N) is 3. The normalized spacial score (nSPS) is 16.3. The van der Waals surface area contributed by atoms with Crippen LogP contribution in [-0.2, 0) is 19.6 Å². The van der Waals surface area contributed by atoms with Crippen molar-refractivity contribution < 1.29 is 4.79 Å². The van der Waals surface area contributed by atoms with Gasteiger partial charge < -0.3 is 20.9 Å². The number of halogens is 1. The molecule has 0 aromatic heterocycles. The van der Waals surface area contributed by atoms with Gasteiger partial charge in [0.15, 0.2) is 5.96 Å². The number of aliphatic imine (C=N–C) groups is 1. The molecule has 34 heavy (non-hydrogen) atoms. The van der Waals surface area contributed by atoms with Gasteiger partial charge in [-0.2, -0.15) is 0 Å². The first-order valence-electron chi connectivity index (χ1n) is 12.1. The molecule has 0 radical (unpaired) electrons. The Morgan fingerprint density at radius 1 is 0.853 bits per heavy atom. The van der Waals surface area contributed by atoms with Crippen LogP contribution in [0.15, 0.2) is 53.5 Å². The van der Waals surface area contributed by atoms with Gasteiger partial charge in [0.1, 0.15) is 0 Å². The number of hydrogen-bond acceptors (Lipinski definition) is 3. The van der Waals surface area contributed by atoms with E-state index >= 15 is 0 Å². The summed E-state index contributed by atoms with van der Waals surface area (Å²) in [6, 6.07) is 16.8. The lowest BCUT2D eigenvalue weighted by Crippen LogP contribution is -2.36. The second-order valence-corrected chi connectivity index (χ2v) is 8.90. The summed E-state index contributed by atoms with van der Waals surface area (Å²) in [5.74, 6) is 0.752. The van der Waals surface area contributed by atoms with Crippen molar-refractivity contribution >= 4 is 41.7 Å². The highest BCUT2D eigenvalue weighted by Gasteiger charge is 2.17. The fourth-order valence-electron chi connectivity index (χ4n) is 4.44. The van der Waals surface area contributed by atoms with E-state index in [0.717, 1.165) is 56.2 Å². The van der Waals surface area contributed by atoms with E-state index in [1.807, 2.05) is 29.2 Å². The number of guanidine groups is 1. The second-order valence-electron chi connectivity index (χ2n) is 8.90. The average molecular weight is 577 g/mol. The van der Waals surface area contributed by atoms with Gasteiger partial charge in [-0.3, -0.25) is 9.89 Å². The van der Waals surface area contributed by atoms with E-state index in [2.05, 4.69) is 50.1 Å². The molecule has 2 amide bonds. The van der Waals surface area contributed by atoms with Crippen LogP contribution in [0.2, 0.25) is 0 Å². The second kappa shape index (κ2) is 13.5. The molecule has 2 aromatic carbocycles. The first kappa shape index (κ1) is 26.3. The van der Waals surface area contributed by atoms with Crippen molar-refractivity contribution in [1.29, 1.82) is 0 Å². The SMILES string of the molecule is CN=C(NCc1ccc(CN2CCCC2)cc1)NCc1cccc(NC(=O)N2CCCC2)c1.I. The monoisotopic (exact) mass is 576 g/mol. The fourth-order valence-corrected chi connectivity index (χ4v) is 4.44. The summed E-state index contributed by atoms with van der Waals surface area (Å²) in [5.41, 5.74) is 4.52. The van der Waals surface area contributed by atoms with E-state index in [0.29, 0.717) is 6.54 Å². The first-order valence-corrected chi connectivity index (χ1v) is 12.1. The van der Waals surface area contributed by atoms with E-state index in [1.165, 1.54) is 37.1 Å². The highest BCUT2D eigenvalue weighted by molar-refractivity contribution is 14.0. The van der Waals surface area contributed by atoms with E-state index < -0.39 is 0 Å². The zero-order chi connectivity index (χ0) is 22.9. The van der Waals surface area contributed by atoms with Crippen molar-refractivity contribution in [3.05, 3.63) is 65.2 Å². The number of likely N-dealkylation sites (tertiary alicyclic amines) is 2. The van der Waals surface area contributed by atoms with E-state index in [9.17, 15) is 4.79 Å². The third-order valence-corrected chi connectivity index (χ3v) is 6.34. The van der Waals surface area contributed by atoms with Crippen LogP contribution in [0.5, 0.6) is 0 Å². The van der Waals surface area contributed by atoms with Crippen LogP contribution in [0, 0.1) is 0 Å². The van der Waals surface area contributed by atoms with Gasteiger partial charge in [0, 0.05) is 45.5 Å². The molecule has 0 spiro atoms. The van der Waals surface area contributed by atoms with Gasteiger partial charge in [-0.1, -0.05) is 36.4 Å². The maximum atomic E-state index is 12.3. The lowest BCUT2D eigenvalue weighted by atomic mass is 10.1. The highest BCUT2D eigenvalue weighted by Crippen LogP contribution is 2.15. The van der Waals surface area contributed by atoms with Crippen LogP contribution in [-0.4, -0.2) is 55.0 Å². The van der Waals surface area contributed by atoms with E-state index in [4.69, 9.17) is 0 Å². The van der Waals surface area contributed by atoms with Crippen LogP contribution in [0.1, 0.15) is 42.4 Å². The van der Waals surface area contributed by atoms with Gasteiger partial charge in [0.2, 0.25) is 0 Å². The molecule has 0 aliphatic carbocycles. The van der Waals surface area contributed by atoms with Crippen LogP contribution in [0.4, 0.5) is 10.5 Å². The largest absolute Gasteiger partial charge is 0.352 e. The molecule has 0 saturated carbocycles. The molecule has 2 saturated heterocycles. The maximum absolute atomic E-state index is 12.3. The van der Waals surface area contributed by atoms with Gasteiger partial charge >= 0.3 is 6.03 Å². The number of anilines is 1. The van der Waals surface area contributed by atoms with Gasteiger partial charge in [0.05, 0.1) is 0 Å². The van der Waals surface area contributed by atoms with Crippen LogP contribution in [0.25, 0.3) is 0 Å². The summed E-state index contributed by atoms with van der Waals surface area (Å²) in [6.45, 7) is 6.52. The summed E-state index contributed by atoms with van der Waals surface area (Å²) in [6.07, 6.45) is 4.83. The van der Waals surface area contributed by atoms with Crippen molar-refractivity contribution in [1.82, 2.24) is 20.4 Å². The molecule has 2 aromatic rings. The standard InChI is InChI=1S/C26H36N6O.HI/c1-27-25(28-18-21-9-11-22(12-10-21)20-31-13-2-3-14-31)29-19-23-7-6-8-24(17-23)30-26(33)32-15-4-5-16-32;/h6-12,17H,2-5,13-16,18-20H2,1H3,(H,30,33)(H2,27,28,29);1H.